The number of carbonyl (C=O) groups excluding carboxylic acids is 2. The number of alkyl halides is 3. The molecule has 206 valence electrons. The fourth-order valence-corrected chi connectivity index (χ4v) is 3.80. The molecule has 0 aliphatic carbocycles. The SMILES string of the molecule is CC(C)(C)OC(=O)N1Cc2nc(-c3c(F)cccc3F)cc(Nc3ccc(C(C)(O)C(F)(F)F)cn3)c2C1=O. The molecule has 2 aromatic heterocycles. The van der Waals surface area contributed by atoms with Gasteiger partial charge in [0.1, 0.15) is 23.1 Å². The number of aliphatic hydroxyl groups is 1. The first-order chi connectivity index (χ1) is 18.0. The summed E-state index contributed by atoms with van der Waals surface area (Å²) in [4.78, 5) is 34.8. The molecule has 1 aliphatic heterocycles. The molecule has 0 saturated heterocycles. The maximum absolute atomic E-state index is 14.6. The van der Waals surface area contributed by atoms with Crippen LogP contribution in [0.5, 0.6) is 0 Å². The van der Waals surface area contributed by atoms with E-state index in [9.17, 15) is 36.6 Å². The Morgan fingerprint density at radius 3 is 2.23 bits per heavy atom. The lowest BCUT2D eigenvalue weighted by Gasteiger charge is -2.26. The lowest BCUT2D eigenvalue weighted by Crippen LogP contribution is -2.39. The minimum absolute atomic E-state index is 0.00476. The van der Waals surface area contributed by atoms with Gasteiger partial charge in [-0.2, -0.15) is 13.2 Å². The third kappa shape index (κ3) is 5.39. The summed E-state index contributed by atoms with van der Waals surface area (Å²) in [5, 5.41) is 12.6. The summed E-state index contributed by atoms with van der Waals surface area (Å²) in [5.74, 6) is -2.74. The minimum atomic E-state index is -4.97. The van der Waals surface area contributed by atoms with Crippen LogP contribution in [-0.2, 0) is 16.9 Å². The summed E-state index contributed by atoms with van der Waals surface area (Å²) in [7, 11) is 0. The summed E-state index contributed by atoms with van der Waals surface area (Å²) in [5.41, 5.74) is -5.50. The van der Waals surface area contributed by atoms with Crippen LogP contribution in [-0.4, -0.2) is 43.8 Å². The zero-order valence-electron chi connectivity index (χ0n) is 21.2. The first-order valence-corrected chi connectivity index (χ1v) is 11.6. The molecule has 1 atom stereocenters. The maximum atomic E-state index is 14.6. The Bertz CT molecular complexity index is 1430. The van der Waals surface area contributed by atoms with Crippen LogP contribution in [0.2, 0.25) is 0 Å². The third-order valence-electron chi connectivity index (χ3n) is 5.83. The largest absolute Gasteiger partial charge is 0.443 e. The van der Waals surface area contributed by atoms with Crippen LogP contribution in [0.15, 0.2) is 42.6 Å². The Morgan fingerprint density at radius 2 is 1.69 bits per heavy atom. The molecule has 3 aromatic rings. The lowest BCUT2D eigenvalue weighted by molar-refractivity contribution is -0.259. The molecule has 1 aliphatic rings. The zero-order chi connectivity index (χ0) is 28.9. The van der Waals surface area contributed by atoms with Gasteiger partial charge in [0.2, 0.25) is 0 Å². The van der Waals surface area contributed by atoms with Gasteiger partial charge in [0.15, 0.2) is 5.60 Å². The number of nitrogens with zero attached hydrogens (tertiary/aromatic N) is 3. The number of halogens is 5. The van der Waals surface area contributed by atoms with Gasteiger partial charge in [0.05, 0.1) is 34.7 Å². The highest BCUT2D eigenvalue weighted by Crippen LogP contribution is 2.39. The number of carbonyl (C=O) groups is 2. The van der Waals surface area contributed by atoms with Crippen LogP contribution in [0.4, 0.5) is 38.3 Å². The number of anilines is 2. The number of nitrogens with one attached hydrogen (secondary N) is 1. The van der Waals surface area contributed by atoms with Gasteiger partial charge in [-0.05, 0) is 52.0 Å². The average molecular weight is 550 g/mol. The predicted octanol–water partition coefficient (Wildman–Crippen LogP) is 5.83. The lowest BCUT2D eigenvalue weighted by atomic mass is 9.97. The number of rotatable bonds is 4. The molecule has 2 N–H and O–H groups in total. The van der Waals surface area contributed by atoms with E-state index in [0.717, 1.165) is 47.5 Å². The van der Waals surface area contributed by atoms with Crippen molar-refractivity contribution >= 4 is 23.5 Å². The normalized spacial score (nSPS) is 15.1. The molecule has 8 nitrogen and oxygen atoms in total. The van der Waals surface area contributed by atoms with Gasteiger partial charge >= 0.3 is 12.3 Å². The van der Waals surface area contributed by atoms with E-state index in [0.29, 0.717) is 6.92 Å². The van der Waals surface area contributed by atoms with Gasteiger partial charge in [-0.1, -0.05) is 12.1 Å². The second kappa shape index (κ2) is 9.56. The zero-order valence-corrected chi connectivity index (χ0v) is 21.2. The second-order valence-electron chi connectivity index (χ2n) is 9.97. The predicted molar refractivity (Wildman–Crippen MR) is 129 cm³/mol. The topological polar surface area (TPSA) is 105 Å². The molecule has 39 heavy (non-hydrogen) atoms. The third-order valence-corrected chi connectivity index (χ3v) is 5.83. The van der Waals surface area contributed by atoms with E-state index in [2.05, 4.69) is 15.3 Å². The fourth-order valence-electron chi connectivity index (χ4n) is 3.80. The van der Waals surface area contributed by atoms with E-state index in [1.165, 1.54) is 0 Å². The number of ether oxygens (including phenoxy) is 1. The van der Waals surface area contributed by atoms with Crippen LogP contribution in [0.25, 0.3) is 11.3 Å². The van der Waals surface area contributed by atoms with Gasteiger partial charge in [0, 0.05) is 11.8 Å². The maximum Gasteiger partial charge on any atom is 0.421 e. The molecule has 0 saturated carbocycles. The monoisotopic (exact) mass is 550 g/mol. The van der Waals surface area contributed by atoms with Crippen molar-refractivity contribution in [2.45, 2.75) is 51.6 Å². The summed E-state index contributed by atoms with van der Waals surface area (Å²) in [6.45, 7) is 5.03. The number of hydrogen-bond donors (Lipinski definition) is 2. The van der Waals surface area contributed by atoms with Gasteiger partial charge in [0.25, 0.3) is 5.91 Å². The Labute approximate surface area is 219 Å². The molecule has 3 heterocycles. The van der Waals surface area contributed by atoms with Crippen LogP contribution >= 0.6 is 0 Å². The van der Waals surface area contributed by atoms with E-state index >= 15 is 0 Å². The highest BCUT2D eigenvalue weighted by Gasteiger charge is 2.51. The van der Waals surface area contributed by atoms with Crippen molar-refractivity contribution in [2.75, 3.05) is 5.32 Å². The van der Waals surface area contributed by atoms with E-state index in [4.69, 9.17) is 4.74 Å². The Hall–Kier alpha value is -4.13. The highest BCUT2D eigenvalue weighted by molar-refractivity contribution is 6.10. The molecule has 2 amide bonds. The molecule has 0 spiro atoms. The van der Waals surface area contributed by atoms with Crippen molar-refractivity contribution in [3.8, 4) is 11.3 Å². The van der Waals surface area contributed by atoms with E-state index in [1.54, 1.807) is 20.8 Å². The summed E-state index contributed by atoms with van der Waals surface area (Å²) in [6, 6.07) is 6.47. The summed E-state index contributed by atoms with van der Waals surface area (Å²) in [6.07, 6.45) is -5.14. The fraction of sp³-hybridized carbons (Fsp3) is 0.308. The van der Waals surface area contributed by atoms with Crippen LogP contribution in [0, 0.1) is 11.6 Å². The van der Waals surface area contributed by atoms with Crippen molar-refractivity contribution in [1.29, 1.82) is 0 Å². The van der Waals surface area contributed by atoms with E-state index in [1.807, 2.05) is 0 Å². The molecule has 4 rings (SSSR count). The van der Waals surface area contributed by atoms with Crippen molar-refractivity contribution in [3.05, 3.63) is 71.1 Å². The number of imide groups is 1. The molecule has 1 aromatic carbocycles. The Morgan fingerprint density at radius 1 is 1.05 bits per heavy atom. The first kappa shape index (κ1) is 27.9. The van der Waals surface area contributed by atoms with Crippen molar-refractivity contribution in [2.24, 2.45) is 0 Å². The number of hydrogen-bond acceptors (Lipinski definition) is 7. The standard InChI is InChI=1S/C26H23F5N4O4/c1-24(2,3)39-23(37)35-12-18-21(22(35)36)17(10-16(33-18)20-14(27)6-5-7-15(20)28)34-19-9-8-13(11-32-19)25(4,38)26(29,30)31/h5-11,38H,12H2,1-4H3,(H,32,33,34). The van der Waals surface area contributed by atoms with Gasteiger partial charge in [-0.3, -0.25) is 4.79 Å². The second-order valence-corrected chi connectivity index (χ2v) is 9.97. The molecular formula is C26H23F5N4O4. The molecule has 0 fully saturated rings. The summed E-state index contributed by atoms with van der Waals surface area (Å²) < 4.78 is 74.0. The molecule has 13 heteroatoms. The molecule has 1 unspecified atom stereocenters. The molecule has 0 bridgehead atoms. The van der Waals surface area contributed by atoms with Gasteiger partial charge < -0.3 is 15.2 Å². The number of amides is 2. The number of pyridine rings is 2. The first-order valence-electron chi connectivity index (χ1n) is 11.6. The van der Waals surface area contributed by atoms with Crippen LogP contribution in [0.1, 0.15) is 49.3 Å². The number of fused-ring (bicyclic) bond motifs is 1. The van der Waals surface area contributed by atoms with Gasteiger partial charge in [-0.15, -0.1) is 0 Å². The van der Waals surface area contributed by atoms with Crippen molar-refractivity contribution in [1.82, 2.24) is 14.9 Å². The number of aromatic nitrogens is 2. The van der Waals surface area contributed by atoms with Gasteiger partial charge in [-0.25, -0.2) is 28.4 Å². The smallest absolute Gasteiger partial charge is 0.421 e. The molecular weight excluding hydrogens is 527 g/mol. The van der Waals surface area contributed by atoms with Crippen LogP contribution < -0.4 is 5.32 Å². The Balaban J connectivity index is 1.78. The Kier molecular flexibility index (Phi) is 6.84. The van der Waals surface area contributed by atoms with Crippen molar-refractivity contribution < 1.29 is 41.4 Å². The number of benzene rings is 1. The van der Waals surface area contributed by atoms with Crippen molar-refractivity contribution in [3.63, 3.8) is 0 Å². The molecule has 0 radical (unpaired) electrons. The average Bonchev–Trinajstić information content (AvgIpc) is 3.14. The van der Waals surface area contributed by atoms with E-state index in [-0.39, 0.29) is 35.0 Å². The minimum Gasteiger partial charge on any atom is -0.443 e. The highest BCUT2D eigenvalue weighted by atomic mass is 19.4. The summed E-state index contributed by atoms with van der Waals surface area (Å²) >= 11 is 0. The van der Waals surface area contributed by atoms with E-state index < -0.39 is 52.1 Å². The van der Waals surface area contributed by atoms with Crippen LogP contribution in [0.3, 0.4) is 0 Å². The quantitative estimate of drug-likeness (QED) is 0.394.